The smallest absolute Gasteiger partial charge is 0.335 e. The molecule has 7 nitrogen and oxygen atoms in total. The number of hydrogen-bond donors (Lipinski definition) is 2. The highest BCUT2D eigenvalue weighted by Gasteiger charge is 2.42. The van der Waals surface area contributed by atoms with Gasteiger partial charge < -0.3 is 24.6 Å². The van der Waals surface area contributed by atoms with Gasteiger partial charge in [-0.2, -0.15) is 0 Å². The molecule has 0 saturated carbocycles. The number of nitrogens with zero attached hydrogens (tertiary/aromatic N) is 3. The molecule has 2 aliphatic rings. The Balaban J connectivity index is 1.62. The quantitative estimate of drug-likeness (QED) is 0.487. The van der Waals surface area contributed by atoms with Gasteiger partial charge in [-0.3, -0.25) is 4.98 Å². The molecule has 0 aliphatic carbocycles. The molecule has 0 bridgehead atoms. The summed E-state index contributed by atoms with van der Waals surface area (Å²) in [6.45, 7) is 7.67. The lowest BCUT2D eigenvalue weighted by molar-refractivity contribution is 0.0696. The van der Waals surface area contributed by atoms with Crippen LogP contribution in [-0.4, -0.2) is 49.9 Å². The molecule has 2 fully saturated rings. The average Bonchev–Trinajstić information content (AvgIpc) is 3.54. The van der Waals surface area contributed by atoms with Crippen molar-refractivity contribution in [2.75, 3.05) is 13.2 Å². The number of carbonyl (C=O) groups is 1. The summed E-state index contributed by atoms with van der Waals surface area (Å²) < 4.78 is 8.11. The molecule has 3 atom stereocenters. The maximum atomic E-state index is 11.7. The number of aryl methyl sites for hydroxylation is 2. The van der Waals surface area contributed by atoms with Gasteiger partial charge in [0.15, 0.2) is 5.11 Å². The van der Waals surface area contributed by atoms with E-state index in [2.05, 4.69) is 39.7 Å². The molecule has 182 valence electrons. The van der Waals surface area contributed by atoms with Crippen molar-refractivity contribution in [1.82, 2.24) is 19.8 Å². The molecule has 1 aromatic carbocycles. The van der Waals surface area contributed by atoms with E-state index in [1.54, 1.807) is 12.1 Å². The monoisotopic (exact) mass is 490 g/mol. The van der Waals surface area contributed by atoms with Crippen LogP contribution in [0, 0.1) is 20.8 Å². The largest absolute Gasteiger partial charge is 0.478 e. The van der Waals surface area contributed by atoms with Crippen LogP contribution in [0.25, 0.3) is 5.69 Å². The van der Waals surface area contributed by atoms with Gasteiger partial charge in [0.2, 0.25) is 0 Å². The Labute approximate surface area is 210 Å². The Bertz CT molecular complexity index is 1270. The van der Waals surface area contributed by atoms with Crippen molar-refractivity contribution in [2.24, 2.45) is 0 Å². The molecule has 35 heavy (non-hydrogen) atoms. The highest BCUT2D eigenvalue weighted by atomic mass is 32.1. The van der Waals surface area contributed by atoms with E-state index in [1.807, 2.05) is 37.4 Å². The Kier molecular flexibility index (Phi) is 6.34. The molecule has 5 rings (SSSR count). The van der Waals surface area contributed by atoms with Gasteiger partial charge in [-0.05, 0) is 87.3 Å². The third-order valence-electron chi connectivity index (χ3n) is 7.11. The SMILES string of the molecule is Cc1ccc(C(=O)O)cc1-n1c(C)cc([C@@H]2[C@H](c3ccccn3)NC(=S)N2C[C@H]2CCCO2)c1C. The number of thiocarbonyl (C=S) groups is 1. The van der Waals surface area contributed by atoms with E-state index >= 15 is 0 Å². The predicted octanol–water partition coefficient (Wildman–Crippen LogP) is 4.65. The summed E-state index contributed by atoms with van der Waals surface area (Å²) in [7, 11) is 0. The van der Waals surface area contributed by atoms with Gasteiger partial charge in [-0.25, -0.2) is 4.79 Å². The van der Waals surface area contributed by atoms with E-state index in [0.717, 1.165) is 59.9 Å². The number of hydrogen-bond acceptors (Lipinski definition) is 4. The average molecular weight is 491 g/mol. The van der Waals surface area contributed by atoms with E-state index in [0.29, 0.717) is 5.11 Å². The van der Waals surface area contributed by atoms with Crippen molar-refractivity contribution in [1.29, 1.82) is 0 Å². The van der Waals surface area contributed by atoms with Crippen LogP contribution in [0.4, 0.5) is 0 Å². The number of pyridine rings is 1. The normalized spacial score (nSPS) is 22.0. The molecule has 2 aromatic heterocycles. The summed E-state index contributed by atoms with van der Waals surface area (Å²) in [6, 6.07) is 13.2. The minimum absolute atomic E-state index is 0.0653. The predicted molar refractivity (Wildman–Crippen MR) is 138 cm³/mol. The molecule has 0 amide bonds. The second-order valence-electron chi connectivity index (χ2n) is 9.38. The van der Waals surface area contributed by atoms with Crippen LogP contribution >= 0.6 is 12.2 Å². The van der Waals surface area contributed by atoms with Crippen LogP contribution in [0.3, 0.4) is 0 Å². The van der Waals surface area contributed by atoms with Crippen LogP contribution in [0.2, 0.25) is 0 Å². The Hall–Kier alpha value is -3.23. The number of benzene rings is 1. The van der Waals surface area contributed by atoms with E-state index in [4.69, 9.17) is 17.0 Å². The third-order valence-corrected chi connectivity index (χ3v) is 7.46. The first kappa shape index (κ1) is 23.5. The minimum Gasteiger partial charge on any atom is -0.478 e. The molecule has 3 aromatic rings. The minimum atomic E-state index is -0.933. The Morgan fingerprint density at radius 2 is 2.06 bits per heavy atom. The summed E-state index contributed by atoms with van der Waals surface area (Å²) in [5.74, 6) is -0.933. The molecule has 4 heterocycles. The number of nitrogens with one attached hydrogen (secondary N) is 1. The molecular formula is C27H30N4O3S. The zero-order chi connectivity index (χ0) is 24.7. The van der Waals surface area contributed by atoms with Crippen molar-refractivity contribution in [2.45, 2.75) is 51.8 Å². The summed E-state index contributed by atoms with van der Waals surface area (Å²) in [6.07, 6.45) is 4.06. The van der Waals surface area contributed by atoms with Crippen LogP contribution in [0.5, 0.6) is 0 Å². The van der Waals surface area contributed by atoms with Crippen molar-refractivity contribution in [3.05, 3.63) is 82.4 Å². The molecule has 2 N–H and O–H groups in total. The lowest BCUT2D eigenvalue weighted by atomic mass is 9.96. The van der Waals surface area contributed by atoms with Crippen molar-refractivity contribution < 1.29 is 14.6 Å². The van der Waals surface area contributed by atoms with Crippen molar-refractivity contribution in [3.8, 4) is 5.69 Å². The number of aromatic nitrogens is 2. The first-order valence-electron chi connectivity index (χ1n) is 12.0. The molecule has 2 aliphatic heterocycles. The van der Waals surface area contributed by atoms with Gasteiger partial charge in [-0.1, -0.05) is 12.1 Å². The topological polar surface area (TPSA) is 79.6 Å². The summed E-state index contributed by atoms with van der Waals surface area (Å²) in [4.78, 5) is 18.6. The number of carboxylic acid groups (broad SMARTS) is 1. The van der Waals surface area contributed by atoms with E-state index < -0.39 is 5.97 Å². The van der Waals surface area contributed by atoms with Crippen molar-refractivity contribution >= 4 is 23.3 Å². The first-order chi connectivity index (χ1) is 16.8. The second kappa shape index (κ2) is 9.43. The maximum absolute atomic E-state index is 11.7. The number of carboxylic acids is 1. The lowest BCUT2D eigenvalue weighted by Crippen LogP contribution is -2.36. The third kappa shape index (κ3) is 4.32. The molecule has 0 radical (unpaired) electrons. The van der Waals surface area contributed by atoms with Gasteiger partial charge >= 0.3 is 5.97 Å². The van der Waals surface area contributed by atoms with Gasteiger partial charge in [-0.15, -0.1) is 0 Å². The number of rotatable bonds is 6. The van der Waals surface area contributed by atoms with E-state index in [-0.39, 0.29) is 23.8 Å². The van der Waals surface area contributed by atoms with E-state index in [9.17, 15) is 9.90 Å². The molecule has 2 saturated heterocycles. The zero-order valence-corrected chi connectivity index (χ0v) is 21.0. The van der Waals surface area contributed by atoms with Gasteiger partial charge in [0.25, 0.3) is 0 Å². The van der Waals surface area contributed by atoms with Crippen LogP contribution in [0.15, 0.2) is 48.7 Å². The molecule has 0 spiro atoms. The summed E-state index contributed by atoms with van der Waals surface area (Å²) in [5.41, 5.74) is 6.34. The number of ether oxygens (including phenoxy) is 1. The Morgan fingerprint density at radius 1 is 1.23 bits per heavy atom. The maximum Gasteiger partial charge on any atom is 0.335 e. The standard InChI is InChI=1S/C27H30N4O3S/c1-16-9-10-19(26(32)33)14-23(16)31-17(2)13-21(18(31)3)25-24(22-8-4-5-11-28-22)29-27(35)30(25)15-20-7-6-12-34-20/h4-5,8-11,13-14,20,24-25H,6-7,12,15H2,1-3H3,(H,29,35)(H,32,33)/t20-,24+,25-/m1/s1. The molecule has 0 unspecified atom stereocenters. The number of aromatic carboxylic acids is 1. The summed E-state index contributed by atoms with van der Waals surface area (Å²) in [5, 5.41) is 13.8. The molecular weight excluding hydrogens is 460 g/mol. The van der Waals surface area contributed by atoms with Crippen LogP contribution < -0.4 is 5.32 Å². The fraction of sp³-hybridized carbons (Fsp3) is 0.370. The van der Waals surface area contributed by atoms with Gasteiger partial charge in [0.1, 0.15) is 0 Å². The zero-order valence-electron chi connectivity index (χ0n) is 20.2. The van der Waals surface area contributed by atoms with Crippen LogP contribution in [-0.2, 0) is 4.74 Å². The lowest BCUT2D eigenvalue weighted by Gasteiger charge is -2.30. The highest BCUT2D eigenvalue weighted by Crippen LogP contribution is 2.42. The fourth-order valence-corrected chi connectivity index (χ4v) is 5.70. The second-order valence-corrected chi connectivity index (χ2v) is 9.77. The van der Waals surface area contributed by atoms with Gasteiger partial charge in [0.05, 0.1) is 29.4 Å². The highest BCUT2D eigenvalue weighted by molar-refractivity contribution is 7.80. The molecule has 8 heteroatoms. The van der Waals surface area contributed by atoms with E-state index in [1.165, 1.54) is 0 Å². The van der Waals surface area contributed by atoms with Crippen molar-refractivity contribution in [3.63, 3.8) is 0 Å². The summed E-state index contributed by atoms with van der Waals surface area (Å²) >= 11 is 5.83. The fourth-order valence-electron chi connectivity index (χ4n) is 5.39. The van der Waals surface area contributed by atoms with Crippen LogP contribution in [0.1, 0.15) is 63.5 Å². The Morgan fingerprint density at radius 3 is 2.74 bits per heavy atom. The first-order valence-corrected chi connectivity index (χ1v) is 12.4. The van der Waals surface area contributed by atoms with Gasteiger partial charge in [0, 0.05) is 36.4 Å².